The Labute approximate surface area is 134 Å². The zero-order valence-electron chi connectivity index (χ0n) is 11.8. The second-order valence-electron chi connectivity index (χ2n) is 6.86. The van der Waals surface area contributed by atoms with Gasteiger partial charge in [-0.3, -0.25) is 0 Å². The zero-order chi connectivity index (χ0) is 11.6. The molecule has 3 atom stereocenters. The van der Waals surface area contributed by atoms with Gasteiger partial charge < -0.3 is 12.8 Å². The third-order valence-corrected chi connectivity index (χ3v) is 4.76. The molecular weight excluding hydrogens is 281 g/mol. The van der Waals surface area contributed by atoms with Gasteiger partial charge >= 0.3 is 0 Å². The van der Waals surface area contributed by atoms with E-state index in [1.807, 2.05) is 5.92 Å². The summed E-state index contributed by atoms with van der Waals surface area (Å²) in [5.74, 6) is 3.80. The minimum atomic E-state index is 0. The summed E-state index contributed by atoms with van der Waals surface area (Å²) < 4.78 is 0. The number of hydrogen-bond donors (Lipinski definition) is 0. The summed E-state index contributed by atoms with van der Waals surface area (Å²) in [6.45, 7) is 8.92. The Kier molecular flexibility index (Phi) is 6.69. The molecule has 0 aromatic rings. The maximum absolute atomic E-state index is 3.98. The molecule has 2 bridgehead atoms. The van der Waals surface area contributed by atoms with Crippen LogP contribution < -0.4 is 0 Å². The molecule has 0 aromatic heterocycles. The van der Waals surface area contributed by atoms with Crippen molar-refractivity contribution >= 4 is 0 Å². The van der Waals surface area contributed by atoms with E-state index < -0.39 is 0 Å². The third-order valence-electron chi connectivity index (χ3n) is 4.76. The first-order chi connectivity index (χ1) is 7.61. The van der Waals surface area contributed by atoms with E-state index in [2.05, 4.69) is 20.8 Å². The molecule has 0 aliphatic heterocycles. The second-order valence-corrected chi connectivity index (χ2v) is 6.86. The van der Waals surface area contributed by atoms with Crippen LogP contribution >= 0.6 is 0 Å². The molecule has 97 valence electrons. The van der Waals surface area contributed by atoms with Crippen molar-refractivity contribution in [3.05, 3.63) is 12.8 Å². The molecule has 1 heteroatoms. The topological polar surface area (TPSA) is 0 Å². The van der Waals surface area contributed by atoms with Crippen LogP contribution in [0.25, 0.3) is 0 Å². The first-order valence-corrected chi connectivity index (χ1v) is 7.24. The molecule has 3 unspecified atom stereocenters. The maximum Gasteiger partial charge on any atom is 0 e. The molecule has 1 radical (unpaired) electrons. The fourth-order valence-electron chi connectivity index (χ4n) is 4.24. The van der Waals surface area contributed by atoms with Gasteiger partial charge in [0, 0.05) is 32.7 Å². The van der Waals surface area contributed by atoms with E-state index in [1.165, 1.54) is 51.4 Å². The monoisotopic (exact) mass is 309 g/mol. The Morgan fingerprint density at radius 3 is 2.88 bits per heavy atom. The fourth-order valence-corrected chi connectivity index (χ4v) is 4.24. The van der Waals surface area contributed by atoms with Crippen molar-refractivity contribution in [2.75, 3.05) is 0 Å². The fraction of sp³-hybridized carbons (Fsp3) is 0.875. The van der Waals surface area contributed by atoms with E-state index in [0.29, 0.717) is 5.41 Å². The molecule has 0 spiro atoms. The van der Waals surface area contributed by atoms with E-state index in [0.717, 1.165) is 18.3 Å². The smallest absolute Gasteiger partial charge is 0 e. The number of rotatable bonds is 4. The van der Waals surface area contributed by atoms with Crippen LogP contribution in [0.2, 0.25) is 0 Å². The van der Waals surface area contributed by atoms with Crippen molar-refractivity contribution in [1.29, 1.82) is 0 Å². The quantitative estimate of drug-likeness (QED) is 0.627. The Balaban J connectivity index is 0.00000144. The van der Waals surface area contributed by atoms with Crippen LogP contribution in [0.3, 0.4) is 0 Å². The molecule has 17 heavy (non-hydrogen) atoms. The molecule has 2 rings (SSSR count). The van der Waals surface area contributed by atoms with Crippen LogP contribution in [0.1, 0.15) is 71.6 Å². The van der Waals surface area contributed by atoms with Crippen molar-refractivity contribution < 1.29 is 32.7 Å². The van der Waals surface area contributed by atoms with Crippen molar-refractivity contribution in [2.45, 2.75) is 71.6 Å². The van der Waals surface area contributed by atoms with E-state index in [9.17, 15) is 0 Å². The van der Waals surface area contributed by atoms with Gasteiger partial charge in [-0.1, -0.05) is 56.8 Å². The van der Waals surface area contributed by atoms with Gasteiger partial charge in [-0.15, -0.1) is 0 Å². The van der Waals surface area contributed by atoms with Crippen LogP contribution in [-0.4, -0.2) is 0 Å². The molecule has 0 N–H and O–H groups in total. The molecule has 0 aromatic carbocycles. The molecule has 2 fully saturated rings. The predicted octanol–water partition coefficient (Wildman–Crippen LogP) is 5.19. The summed E-state index contributed by atoms with van der Waals surface area (Å²) in [5.41, 5.74) is 0.681. The Morgan fingerprint density at radius 1 is 1.47 bits per heavy atom. The van der Waals surface area contributed by atoms with E-state index in [4.69, 9.17) is 0 Å². The van der Waals surface area contributed by atoms with Gasteiger partial charge in [-0.25, -0.2) is 0 Å². The maximum atomic E-state index is 3.98. The van der Waals surface area contributed by atoms with Crippen molar-refractivity contribution in [3.63, 3.8) is 0 Å². The standard InChI is InChI=1S/C16H28.Y/c1-4-6-13(2)9-15-10-14-7-5-8-16(3,11-14)12-15;/h13-14H,1,4-12H2,2-3H3;/q-2;. The van der Waals surface area contributed by atoms with Crippen LogP contribution in [0.4, 0.5) is 0 Å². The Morgan fingerprint density at radius 2 is 2.24 bits per heavy atom. The summed E-state index contributed by atoms with van der Waals surface area (Å²) in [4.78, 5) is 0. The van der Waals surface area contributed by atoms with Gasteiger partial charge in [-0.05, 0) is 6.42 Å². The molecule has 2 aliphatic carbocycles. The minimum absolute atomic E-state index is 0. The molecule has 2 saturated carbocycles. The van der Waals surface area contributed by atoms with Crippen LogP contribution in [0.5, 0.6) is 0 Å². The molecule has 0 saturated heterocycles. The van der Waals surface area contributed by atoms with Crippen LogP contribution in [0, 0.1) is 30.1 Å². The van der Waals surface area contributed by atoms with Gasteiger partial charge in [0.2, 0.25) is 0 Å². The van der Waals surface area contributed by atoms with Crippen molar-refractivity contribution in [3.8, 4) is 0 Å². The van der Waals surface area contributed by atoms with Gasteiger partial charge in [-0.2, -0.15) is 25.7 Å². The summed E-state index contributed by atoms with van der Waals surface area (Å²) >= 11 is 0. The van der Waals surface area contributed by atoms with Gasteiger partial charge in [0.25, 0.3) is 0 Å². The van der Waals surface area contributed by atoms with Gasteiger partial charge in [0.05, 0.1) is 0 Å². The number of hydrogen-bond acceptors (Lipinski definition) is 0. The van der Waals surface area contributed by atoms with E-state index in [1.54, 1.807) is 0 Å². The van der Waals surface area contributed by atoms with Crippen LogP contribution in [-0.2, 0) is 32.7 Å². The minimum Gasteiger partial charge on any atom is -0.343 e. The van der Waals surface area contributed by atoms with Crippen LogP contribution in [0.15, 0.2) is 0 Å². The molecule has 2 aliphatic rings. The third kappa shape index (κ3) is 4.61. The largest absolute Gasteiger partial charge is 0.343 e. The second kappa shape index (κ2) is 7.04. The molecular formula is C16H28Y-2. The first-order valence-electron chi connectivity index (χ1n) is 7.24. The Hall–Kier alpha value is 1.10. The first kappa shape index (κ1) is 16.2. The molecule has 0 amide bonds. The average Bonchev–Trinajstić information content (AvgIpc) is 2.15. The van der Waals surface area contributed by atoms with Crippen molar-refractivity contribution in [2.24, 2.45) is 17.3 Å². The van der Waals surface area contributed by atoms with Crippen molar-refractivity contribution in [1.82, 2.24) is 0 Å². The normalized spacial score (nSPS) is 35.1. The molecule has 0 heterocycles. The summed E-state index contributed by atoms with van der Waals surface area (Å²) in [6.07, 6.45) is 12.7. The molecule has 0 nitrogen and oxygen atoms in total. The predicted molar refractivity (Wildman–Crippen MR) is 70.9 cm³/mol. The van der Waals surface area contributed by atoms with E-state index in [-0.39, 0.29) is 32.7 Å². The van der Waals surface area contributed by atoms with Gasteiger partial charge in [0.1, 0.15) is 0 Å². The average molecular weight is 309 g/mol. The van der Waals surface area contributed by atoms with E-state index >= 15 is 0 Å². The summed E-state index contributed by atoms with van der Waals surface area (Å²) in [6, 6.07) is 0. The zero-order valence-corrected chi connectivity index (χ0v) is 14.6. The number of fused-ring (bicyclic) bond motifs is 2. The SMILES string of the molecule is [CH2-]CCC(C)C[C-]1CC2CCCC(C)(C1)C2.[Y]. The van der Waals surface area contributed by atoms with Gasteiger partial charge in [0.15, 0.2) is 0 Å². The Bertz CT molecular complexity index is 226. The summed E-state index contributed by atoms with van der Waals surface area (Å²) in [5, 5.41) is 0. The summed E-state index contributed by atoms with van der Waals surface area (Å²) in [7, 11) is 0.